The van der Waals surface area contributed by atoms with Crippen LogP contribution in [0.5, 0.6) is 5.75 Å². The highest BCUT2D eigenvalue weighted by molar-refractivity contribution is 6.25. The molecule has 2 aromatic rings. The molecule has 140 valence electrons. The fourth-order valence-corrected chi connectivity index (χ4v) is 3.42. The number of ketones is 1. The van der Waals surface area contributed by atoms with Gasteiger partial charge in [0.25, 0.3) is 0 Å². The minimum atomic E-state index is -0.189. The maximum atomic E-state index is 12.8. The number of aliphatic hydroxyl groups excluding tert-OH is 1. The van der Waals surface area contributed by atoms with E-state index in [0.717, 1.165) is 5.56 Å². The fourth-order valence-electron chi connectivity index (χ4n) is 3.42. The monoisotopic (exact) mass is 363 g/mol. The summed E-state index contributed by atoms with van der Waals surface area (Å²) in [5.74, 6) is 0.738. The number of benzene rings is 2. The Balaban J connectivity index is 2.03. The molecule has 1 aliphatic carbocycles. The third kappa shape index (κ3) is 4.64. The molecule has 0 atom stereocenters. The summed E-state index contributed by atoms with van der Waals surface area (Å²) >= 11 is 0. The number of allylic oxidation sites excluding steroid dienone is 2. The Morgan fingerprint density at radius 1 is 1.11 bits per heavy atom. The van der Waals surface area contributed by atoms with Crippen molar-refractivity contribution < 1.29 is 14.6 Å². The number of Topliss-reactive ketones (excluding diaryl/α,β-unsaturated/α-hetero) is 1. The van der Waals surface area contributed by atoms with Crippen LogP contribution < -0.4 is 4.74 Å². The zero-order valence-electron chi connectivity index (χ0n) is 16.0. The number of hydrogen-bond donors (Lipinski definition) is 1. The molecule has 0 spiro atoms. The largest absolute Gasteiger partial charge is 0.511 e. The van der Waals surface area contributed by atoms with Crippen molar-refractivity contribution in [3.8, 4) is 5.75 Å². The number of methoxy groups -OCH3 is 1. The van der Waals surface area contributed by atoms with Crippen LogP contribution in [0.3, 0.4) is 0 Å². The Labute approximate surface area is 160 Å². The first kappa shape index (κ1) is 18.9. The van der Waals surface area contributed by atoms with Gasteiger partial charge in [0, 0.05) is 18.9 Å². The average Bonchev–Trinajstić information content (AvgIpc) is 2.61. The van der Waals surface area contributed by atoms with Crippen molar-refractivity contribution in [2.24, 2.45) is 10.4 Å². The minimum Gasteiger partial charge on any atom is -0.511 e. The van der Waals surface area contributed by atoms with Gasteiger partial charge in [0.1, 0.15) is 11.5 Å². The molecule has 1 fully saturated rings. The SMILES string of the molecule is COc1cccc(N=C2CC(C)(C)CC(=O)/C2=C(\O)Cc2ccccc2)c1. The second-order valence-electron chi connectivity index (χ2n) is 7.68. The van der Waals surface area contributed by atoms with Crippen molar-refractivity contribution >= 4 is 17.2 Å². The normalized spacial score (nSPS) is 19.8. The van der Waals surface area contributed by atoms with Gasteiger partial charge >= 0.3 is 0 Å². The van der Waals surface area contributed by atoms with E-state index < -0.39 is 0 Å². The predicted molar refractivity (Wildman–Crippen MR) is 108 cm³/mol. The van der Waals surface area contributed by atoms with Crippen LogP contribution in [0.1, 0.15) is 32.3 Å². The quantitative estimate of drug-likeness (QED) is 0.599. The van der Waals surface area contributed by atoms with Crippen LogP contribution in [0.4, 0.5) is 5.69 Å². The number of carbonyl (C=O) groups is 1. The van der Waals surface area contributed by atoms with Gasteiger partial charge in [-0.05, 0) is 29.5 Å². The maximum absolute atomic E-state index is 12.8. The van der Waals surface area contributed by atoms with Crippen molar-refractivity contribution in [1.82, 2.24) is 0 Å². The molecule has 0 aliphatic heterocycles. The van der Waals surface area contributed by atoms with E-state index in [1.807, 2.05) is 54.6 Å². The van der Waals surface area contributed by atoms with E-state index >= 15 is 0 Å². The number of hydrogen-bond acceptors (Lipinski definition) is 4. The van der Waals surface area contributed by atoms with Gasteiger partial charge < -0.3 is 9.84 Å². The summed E-state index contributed by atoms with van der Waals surface area (Å²) in [6, 6.07) is 17.1. The number of carbonyl (C=O) groups excluding carboxylic acids is 1. The molecule has 1 saturated carbocycles. The highest BCUT2D eigenvalue weighted by Crippen LogP contribution is 2.37. The minimum absolute atomic E-state index is 0.0543. The van der Waals surface area contributed by atoms with Gasteiger partial charge in [-0.2, -0.15) is 0 Å². The number of ether oxygens (including phenoxy) is 1. The number of aliphatic hydroxyl groups is 1. The first-order chi connectivity index (χ1) is 12.9. The van der Waals surface area contributed by atoms with E-state index in [1.165, 1.54) is 0 Å². The zero-order valence-corrected chi connectivity index (χ0v) is 16.0. The van der Waals surface area contributed by atoms with Crippen LogP contribution in [0, 0.1) is 5.41 Å². The Morgan fingerprint density at radius 2 is 1.85 bits per heavy atom. The molecule has 0 radical (unpaired) electrons. The first-order valence-corrected chi connectivity index (χ1v) is 9.09. The summed E-state index contributed by atoms with van der Waals surface area (Å²) in [7, 11) is 1.61. The Bertz CT molecular complexity index is 895. The van der Waals surface area contributed by atoms with E-state index in [9.17, 15) is 9.90 Å². The lowest BCUT2D eigenvalue weighted by atomic mass is 9.73. The molecule has 4 nitrogen and oxygen atoms in total. The molecule has 0 bridgehead atoms. The standard InChI is InChI=1S/C23H25NO3/c1-23(2)14-19(24-17-10-7-11-18(13-17)27-3)22(21(26)15-23)20(25)12-16-8-5-4-6-9-16/h4-11,13,25H,12,14-15H2,1-3H3/b22-20-,24-19?. The summed E-state index contributed by atoms with van der Waals surface area (Å²) in [5, 5.41) is 10.8. The van der Waals surface area contributed by atoms with Gasteiger partial charge in [-0.1, -0.05) is 50.2 Å². The van der Waals surface area contributed by atoms with Crippen LogP contribution in [-0.4, -0.2) is 23.7 Å². The second-order valence-corrected chi connectivity index (χ2v) is 7.68. The topological polar surface area (TPSA) is 58.9 Å². The molecule has 4 heteroatoms. The highest BCUT2D eigenvalue weighted by Gasteiger charge is 2.36. The Hall–Kier alpha value is -2.88. The van der Waals surface area contributed by atoms with Crippen LogP contribution in [0.25, 0.3) is 0 Å². The lowest BCUT2D eigenvalue weighted by molar-refractivity contribution is -0.117. The van der Waals surface area contributed by atoms with Gasteiger partial charge in [-0.3, -0.25) is 9.79 Å². The molecular formula is C23H25NO3. The molecule has 27 heavy (non-hydrogen) atoms. The fraction of sp³-hybridized carbons (Fsp3) is 0.304. The van der Waals surface area contributed by atoms with Crippen LogP contribution in [-0.2, 0) is 11.2 Å². The molecule has 0 heterocycles. The number of rotatable bonds is 4. The van der Waals surface area contributed by atoms with Crippen molar-refractivity contribution in [2.75, 3.05) is 7.11 Å². The van der Waals surface area contributed by atoms with Crippen LogP contribution >= 0.6 is 0 Å². The number of nitrogens with zero attached hydrogens (tertiary/aromatic N) is 1. The Morgan fingerprint density at radius 3 is 2.56 bits per heavy atom. The molecule has 3 rings (SSSR count). The van der Waals surface area contributed by atoms with Gasteiger partial charge in [-0.25, -0.2) is 0 Å². The summed E-state index contributed by atoms with van der Waals surface area (Å²) < 4.78 is 5.26. The first-order valence-electron chi connectivity index (χ1n) is 9.09. The highest BCUT2D eigenvalue weighted by atomic mass is 16.5. The van der Waals surface area contributed by atoms with Gasteiger partial charge in [0.15, 0.2) is 5.78 Å². The summed E-state index contributed by atoms with van der Waals surface area (Å²) in [5.41, 5.74) is 2.48. The summed E-state index contributed by atoms with van der Waals surface area (Å²) in [4.78, 5) is 17.6. The van der Waals surface area contributed by atoms with Crippen LogP contribution in [0.2, 0.25) is 0 Å². The van der Waals surface area contributed by atoms with Gasteiger partial charge in [0.2, 0.25) is 0 Å². The molecule has 2 aromatic carbocycles. The third-order valence-electron chi connectivity index (χ3n) is 4.67. The molecular weight excluding hydrogens is 338 g/mol. The molecule has 0 saturated heterocycles. The van der Waals surface area contributed by atoms with E-state index in [-0.39, 0.29) is 17.0 Å². The molecule has 1 aliphatic rings. The van der Waals surface area contributed by atoms with E-state index in [2.05, 4.69) is 13.8 Å². The van der Waals surface area contributed by atoms with E-state index in [4.69, 9.17) is 9.73 Å². The van der Waals surface area contributed by atoms with Crippen molar-refractivity contribution in [3.63, 3.8) is 0 Å². The summed E-state index contributed by atoms with van der Waals surface area (Å²) in [6.07, 6.45) is 1.35. The van der Waals surface area contributed by atoms with Gasteiger partial charge in [-0.15, -0.1) is 0 Å². The predicted octanol–water partition coefficient (Wildman–Crippen LogP) is 5.21. The lowest BCUT2D eigenvalue weighted by Crippen LogP contribution is -2.32. The molecule has 0 aromatic heterocycles. The second kappa shape index (κ2) is 7.78. The smallest absolute Gasteiger partial charge is 0.168 e. The maximum Gasteiger partial charge on any atom is 0.168 e. The van der Waals surface area contributed by atoms with Crippen LogP contribution in [0.15, 0.2) is 70.9 Å². The molecule has 1 N–H and O–H groups in total. The average molecular weight is 363 g/mol. The van der Waals surface area contributed by atoms with Crippen molar-refractivity contribution in [3.05, 3.63) is 71.5 Å². The van der Waals surface area contributed by atoms with Crippen molar-refractivity contribution in [2.45, 2.75) is 33.1 Å². The third-order valence-corrected chi connectivity index (χ3v) is 4.67. The van der Waals surface area contributed by atoms with E-state index in [0.29, 0.717) is 42.0 Å². The van der Waals surface area contributed by atoms with Crippen molar-refractivity contribution in [1.29, 1.82) is 0 Å². The zero-order chi connectivity index (χ0) is 19.4. The molecule has 0 unspecified atom stereocenters. The number of aliphatic imine (C=N–C) groups is 1. The molecule has 0 amide bonds. The Kier molecular flexibility index (Phi) is 5.45. The lowest BCUT2D eigenvalue weighted by Gasteiger charge is -2.31. The van der Waals surface area contributed by atoms with Gasteiger partial charge in [0.05, 0.1) is 24.1 Å². The van der Waals surface area contributed by atoms with E-state index in [1.54, 1.807) is 7.11 Å². The summed E-state index contributed by atoms with van der Waals surface area (Å²) in [6.45, 7) is 4.11.